The standard InChI is InChI=1S/C25H21F3N2O4/c26-25(27,28)19-12-10-18(11-13-19)22(32)24(34)30-20(23(29)33)14-15-6-8-17(9-7-15)21(31)16-4-2-1-3-5-16/h1-13,20,22,32H,14H2,(H2,29,33)(H,30,34)/t20-,22-/m1/s1. The number of rotatable bonds is 8. The van der Waals surface area contributed by atoms with Crippen LogP contribution in [0.2, 0.25) is 0 Å². The number of nitrogens with two attached hydrogens (primary N) is 1. The molecule has 0 fully saturated rings. The number of aliphatic hydroxyl groups excluding tert-OH is 1. The number of ketones is 1. The summed E-state index contributed by atoms with van der Waals surface area (Å²) < 4.78 is 38.1. The molecule has 0 aliphatic carbocycles. The van der Waals surface area contributed by atoms with Crippen LogP contribution in [0.4, 0.5) is 13.2 Å². The van der Waals surface area contributed by atoms with Gasteiger partial charge in [-0.25, -0.2) is 0 Å². The minimum Gasteiger partial charge on any atom is -0.378 e. The number of amides is 2. The molecule has 0 aromatic heterocycles. The number of alkyl halides is 3. The quantitative estimate of drug-likeness (QED) is 0.439. The molecule has 0 aliphatic heterocycles. The van der Waals surface area contributed by atoms with Crippen LogP contribution in [0.25, 0.3) is 0 Å². The van der Waals surface area contributed by atoms with Crippen molar-refractivity contribution in [3.63, 3.8) is 0 Å². The molecule has 3 aromatic carbocycles. The van der Waals surface area contributed by atoms with Gasteiger partial charge in [0.25, 0.3) is 5.91 Å². The number of aliphatic hydroxyl groups is 1. The summed E-state index contributed by atoms with van der Waals surface area (Å²) in [6.07, 6.45) is -6.36. The first-order valence-corrected chi connectivity index (χ1v) is 10.2. The lowest BCUT2D eigenvalue weighted by Gasteiger charge is -2.19. The van der Waals surface area contributed by atoms with E-state index in [1.165, 1.54) is 0 Å². The van der Waals surface area contributed by atoms with Gasteiger partial charge in [0.15, 0.2) is 11.9 Å². The molecule has 0 spiro atoms. The fraction of sp³-hybridized carbons (Fsp3) is 0.160. The molecule has 4 N–H and O–H groups in total. The van der Waals surface area contributed by atoms with Gasteiger partial charge in [-0.05, 0) is 23.3 Å². The monoisotopic (exact) mass is 470 g/mol. The number of hydrogen-bond acceptors (Lipinski definition) is 4. The number of benzene rings is 3. The maximum absolute atomic E-state index is 12.7. The minimum absolute atomic E-state index is 0.0133. The average molecular weight is 470 g/mol. The van der Waals surface area contributed by atoms with Crippen molar-refractivity contribution in [2.24, 2.45) is 5.73 Å². The maximum atomic E-state index is 12.7. The molecule has 3 aromatic rings. The Morgan fingerprint density at radius 1 is 0.853 bits per heavy atom. The second-order valence-corrected chi connectivity index (χ2v) is 7.58. The van der Waals surface area contributed by atoms with Gasteiger partial charge < -0.3 is 16.2 Å². The topological polar surface area (TPSA) is 109 Å². The van der Waals surface area contributed by atoms with Crippen molar-refractivity contribution in [2.45, 2.75) is 24.7 Å². The highest BCUT2D eigenvalue weighted by Crippen LogP contribution is 2.30. The van der Waals surface area contributed by atoms with Gasteiger partial charge in [-0.15, -0.1) is 0 Å². The highest BCUT2D eigenvalue weighted by atomic mass is 19.4. The van der Waals surface area contributed by atoms with E-state index in [0.717, 1.165) is 24.3 Å². The third-order valence-corrected chi connectivity index (χ3v) is 5.15. The summed E-state index contributed by atoms with van der Waals surface area (Å²) in [5.41, 5.74) is 5.94. The maximum Gasteiger partial charge on any atom is 0.416 e. The van der Waals surface area contributed by atoms with Crippen molar-refractivity contribution in [1.29, 1.82) is 0 Å². The van der Waals surface area contributed by atoms with Gasteiger partial charge in [0.05, 0.1) is 5.56 Å². The molecule has 0 bridgehead atoms. The van der Waals surface area contributed by atoms with E-state index >= 15 is 0 Å². The predicted molar refractivity (Wildman–Crippen MR) is 118 cm³/mol. The molecule has 176 valence electrons. The second kappa shape index (κ2) is 10.3. The van der Waals surface area contributed by atoms with E-state index in [4.69, 9.17) is 5.73 Å². The zero-order chi connectivity index (χ0) is 24.9. The number of carbonyl (C=O) groups is 3. The van der Waals surface area contributed by atoms with Crippen molar-refractivity contribution < 1.29 is 32.7 Å². The molecule has 0 heterocycles. The lowest BCUT2D eigenvalue weighted by Crippen LogP contribution is -2.47. The van der Waals surface area contributed by atoms with Crippen molar-refractivity contribution in [2.75, 3.05) is 0 Å². The van der Waals surface area contributed by atoms with Gasteiger partial charge in [0.2, 0.25) is 5.91 Å². The van der Waals surface area contributed by atoms with Crippen molar-refractivity contribution >= 4 is 17.6 Å². The van der Waals surface area contributed by atoms with Crippen LogP contribution in [0.5, 0.6) is 0 Å². The molecule has 2 amide bonds. The molecule has 9 heteroatoms. The summed E-state index contributed by atoms with van der Waals surface area (Å²) in [5, 5.41) is 12.5. The van der Waals surface area contributed by atoms with Crippen molar-refractivity contribution in [3.8, 4) is 0 Å². The number of carbonyl (C=O) groups excluding carboxylic acids is 3. The van der Waals surface area contributed by atoms with Crippen LogP contribution in [-0.4, -0.2) is 28.7 Å². The zero-order valence-electron chi connectivity index (χ0n) is 17.8. The molecular weight excluding hydrogens is 449 g/mol. The van der Waals surface area contributed by atoms with Gasteiger partial charge in [-0.2, -0.15) is 13.2 Å². The summed E-state index contributed by atoms with van der Waals surface area (Å²) in [5.74, 6) is -2.02. The number of nitrogens with one attached hydrogen (secondary N) is 1. The van der Waals surface area contributed by atoms with Crippen LogP contribution in [-0.2, 0) is 22.2 Å². The van der Waals surface area contributed by atoms with Crippen LogP contribution in [0.3, 0.4) is 0 Å². The van der Waals surface area contributed by atoms with Crippen LogP contribution >= 0.6 is 0 Å². The first-order chi connectivity index (χ1) is 16.1. The molecule has 0 saturated heterocycles. The van der Waals surface area contributed by atoms with E-state index in [1.54, 1.807) is 54.6 Å². The van der Waals surface area contributed by atoms with Gasteiger partial charge in [-0.3, -0.25) is 14.4 Å². The van der Waals surface area contributed by atoms with Crippen LogP contribution in [0.15, 0.2) is 78.9 Å². The molecule has 3 rings (SSSR count). The molecule has 0 radical (unpaired) electrons. The summed E-state index contributed by atoms with van der Waals surface area (Å²) in [6.45, 7) is 0. The normalized spacial score (nSPS) is 13.1. The van der Waals surface area contributed by atoms with Gasteiger partial charge >= 0.3 is 6.18 Å². The Hall–Kier alpha value is -3.98. The van der Waals surface area contributed by atoms with E-state index in [9.17, 15) is 32.7 Å². The predicted octanol–water partition coefficient (Wildman–Crippen LogP) is 3.18. The van der Waals surface area contributed by atoms with Crippen LogP contribution < -0.4 is 11.1 Å². The Morgan fingerprint density at radius 2 is 1.41 bits per heavy atom. The smallest absolute Gasteiger partial charge is 0.378 e. The Bertz CT molecular complexity index is 1160. The second-order valence-electron chi connectivity index (χ2n) is 7.58. The van der Waals surface area contributed by atoms with E-state index in [2.05, 4.69) is 5.32 Å². The summed E-state index contributed by atoms with van der Waals surface area (Å²) in [6, 6.07) is 17.3. The molecule has 0 unspecified atom stereocenters. The summed E-state index contributed by atoms with van der Waals surface area (Å²) in [4.78, 5) is 36.8. The van der Waals surface area contributed by atoms with Gasteiger partial charge in [-0.1, -0.05) is 66.7 Å². The van der Waals surface area contributed by atoms with Crippen molar-refractivity contribution in [1.82, 2.24) is 5.32 Å². The molecule has 2 atom stereocenters. The first-order valence-electron chi connectivity index (χ1n) is 10.2. The lowest BCUT2D eigenvalue weighted by molar-refractivity contribution is -0.137. The third-order valence-electron chi connectivity index (χ3n) is 5.15. The fourth-order valence-electron chi connectivity index (χ4n) is 3.26. The van der Waals surface area contributed by atoms with E-state index < -0.39 is 35.7 Å². The third kappa shape index (κ3) is 6.08. The highest BCUT2D eigenvalue weighted by molar-refractivity contribution is 6.08. The van der Waals surface area contributed by atoms with Crippen molar-refractivity contribution in [3.05, 3.63) is 107 Å². The Morgan fingerprint density at radius 3 is 1.94 bits per heavy atom. The molecule has 6 nitrogen and oxygen atoms in total. The Kier molecular flexibility index (Phi) is 7.47. The average Bonchev–Trinajstić information content (AvgIpc) is 2.83. The molecule has 34 heavy (non-hydrogen) atoms. The molecular formula is C25H21F3N2O4. The number of halogens is 3. The largest absolute Gasteiger partial charge is 0.416 e. The van der Waals surface area contributed by atoms with E-state index in [0.29, 0.717) is 16.7 Å². The number of primary amides is 1. The lowest BCUT2D eigenvalue weighted by atomic mass is 9.99. The minimum atomic E-state index is -4.55. The van der Waals surface area contributed by atoms with E-state index in [-0.39, 0.29) is 17.8 Å². The Labute approximate surface area is 193 Å². The Balaban J connectivity index is 1.66. The summed E-state index contributed by atoms with van der Waals surface area (Å²) in [7, 11) is 0. The fourth-order valence-corrected chi connectivity index (χ4v) is 3.26. The van der Waals surface area contributed by atoms with Gasteiger partial charge in [0.1, 0.15) is 6.04 Å². The SMILES string of the molecule is NC(=O)[C@@H](Cc1ccc(C(=O)c2ccccc2)cc1)NC(=O)[C@H](O)c1ccc(C(F)(F)F)cc1. The van der Waals surface area contributed by atoms with E-state index in [1.807, 2.05) is 0 Å². The van der Waals surface area contributed by atoms with Crippen LogP contribution in [0, 0.1) is 0 Å². The summed E-state index contributed by atoms with van der Waals surface area (Å²) >= 11 is 0. The zero-order valence-corrected chi connectivity index (χ0v) is 17.8. The highest BCUT2D eigenvalue weighted by Gasteiger charge is 2.31. The number of hydrogen-bond donors (Lipinski definition) is 3. The van der Waals surface area contributed by atoms with Crippen LogP contribution in [0.1, 0.15) is 38.7 Å². The molecule has 0 saturated carbocycles. The van der Waals surface area contributed by atoms with Gasteiger partial charge in [0, 0.05) is 17.5 Å². The molecule has 0 aliphatic rings. The first kappa shape index (κ1) is 24.7.